The molecule has 1 atom stereocenters. The number of likely N-dealkylation sites (N-methyl/N-ethyl adjacent to an activating group) is 1. The summed E-state index contributed by atoms with van der Waals surface area (Å²) in [4.78, 5) is 27.4. The third kappa shape index (κ3) is 7.58. The van der Waals surface area contributed by atoms with Crippen LogP contribution in [-0.4, -0.2) is 51.0 Å². The molecule has 2 aromatic rings. The van der Waals surface area contributed by atoms with Crippen molar-refractivity contribution < 1.29 is 18.0 Å². The first-order valence-electron chi connectivity index (χ1n) is 11.7. The van der Waals surface area contributed by atoms with Crippen LogP contribution < -0.4 is 9.62 Å². The van der Waals surface area contributed by atoms with Gasteiger partial charge < -0.3 is 10.2 Å². The normalized spacial score (nSPS) is 12.1. The number of amides is 2. The van der Waals surface area contributed by atoms with E-state index in [4.69, 9.17) is 0 Å². The summed E-state index contributed by atoms with van der Waals surface area (Å²) in [5, 5.41) is 2.65. The van der Waals surface area contributed by atoms with Gasteiger partial charge in [0.2, 0.25) is 21.8 Å². The number of nitrogens with zero attached hydrogens (tertiary/aromatic N) is 2. The fourth-order valence-corrected chi connectivity index (χ4v) is 4.84. The Hall–Kier alpha value is -2.87. The van der Waals surface area contributed by atoms with E-state index in [1.165, 1.54) is 10.6 Å². The van der Waals surface area contributed by atoms with Gasteiger partial charge in [0.1, 0.15) is 6.04 Å². The highest BCUT2D eigenvalue weighted by molar-refractivity contribution is 7.92. The molecule has 0 aliphatic carbocycles. The maximum Gasteiger partial charge on any atom is 0.242 e. The number of carbonyl (C=O) groups is 2. The molecule has 0 aliphatic rings. The van der Waals surface area contributed by atoms with E-state index in [-0.39, 0.29) is 24.8 Å². The summed E-state index contributed by atoms with van der Waals surface area (Å²) >= 11 is 0. The quantitative estimate of drug-likeness (QED) is 0.495. The predicted octanol–water partition coefficient (Wildman–Crippen LogP) is 3.66. The molecule has 34 heavy (non-hydrogen) atoms. The van der Waals surface area contributed by atoms with Crippen LogP contribution in [0.2, 0.25) is 0 Å². The van der Waals surface area contributed by atoms with Crippen LogP contribution in [0.1, 0.15) is 49.8 Å². The van der Waals surface area contributed by atoms with Crippen molar-refractivity contribution in [2.45, 2.75) is 59.0 Å². The number of benzene rings is 2. The van der Waals surface area contributed by atoms with Gasteiger partial charge in [-0.1, -0.05) is 55.8 Å². The monoisotopic (exact) mass is 487 g/mol. The van der Waals surface area contributed by atoms with E-state index in [0.29, 0.717) is 25.1 Å². The minimum atomic E-state index is -3.50. The van der Waals surface area contributed by atoms with Crippen molar-refractivity contribution in [3.63, 3.8) is 0 Å². The van der Waals surface area contributed by atoms with E-state index in [2.05, 4.69) is 5.32 Å². The first-order chi connectivity index (χ1) is 16.1. The second-order valence-electron chi connectivity index (χ2n) is 8.50. The maximum absolute atomic E-state index is 13.3. The number of rotatable bonds is 12. The van der Waals surface area contributed by atoms with E-state index < -0.39 is 16.1 Å². The number of aryl methyl sites for hydroxylation is 2. The van der Waals surface area contributed by atoms with Crippen LogP contribution in [0.15, 0.2) is 48.5 Å². The molecule has 0 saturated heterocycles. The predicted molar refractivity (Wildman–Crippen MR) is 137 cm³/mol. The van der Waals surface area contributed by atoms with Crippen molar-refractivity contribution in [2.24, 2.45) is 0 Å². The Labute approximate surface area is 204 Å². The summed E-state index contributed by atoms with van der Waals surface area (Å²) in [6.07, 6.45) is 3.00. The average Bonchev–Trinajstić information content (AvgIpc) is 2.82. The van der Waals surface area contributed by atoms with Gasteiger partial charge in [0.05, 0.1) is 11.9 Å². The molecule has 0 fully saturated rings. The Bertz CT molecular complexity index is 1050. The molecule has 0 bridgehead atoms. The van der Waals surface area contributed by atoms with E-state index in [1.807, 2.05) is 57.2 Å². The van der Waals surface area contributed by atoms with Gasteiger partial charge in [-0.05, 0) is 49.4 Å². The molecule has 0 heterocycles. The summed E-state index contributed by atoms with van der Waals surface area (Å²) in [5.41, 5.74) is 3.77. The largest absolute Gasteiger partial charge is 0.357 e. The zero-order valence-corrected chi connectivity index (χ0v) is 21.7. The molecule has 186 valence electrons. The van der Waals surface area contributed by atoms with Crippen molar-refractivity contribution in [1.82, 2.24) is 10.2 Å². The molecule has 0 saturated carbocycles. The summed E-state index contributed by atoms with van der Waals surface area (Å²) in [7, 11) is -1.94. The molecule has 0 aliphatic heterocycles. The highest BCUT2D eigenvalue weighted by Gasteiger charge is 2.28. The molecular weight excluding hydrogens is 450 g/mol. The van der Waals surface area contributed by atoms with Crippen molar-refractivity contribution in [3.05, 3.63) is 65.2 Å². The number of anilines is 1. The van der Waals surface area contributed by atoms with Crippen LogP contribution in [0.5, 0.6) is 0 Å². The van der Waals surface area contributed by atoms with Crippen molar-refractivity contribution in [1.29, 1.82) is 0 Å². The lowest BCUT2D eigenvalue weighted by molar-refractivity contribution is -0.141. The lowest BCUT2D eigenvalue weighted by Crippen LogP contribution is -2.48. The van der Waals surface area contributed by atoms with E-state index in [9.17, 15) is 18.0 Å². The smallest absolute Gasteiger partial charge is 0.242 e. The molecule has 8 heteroatoms. The zero-order chi connectivity index (χ0) is 25.3. The first-order valence-corrected chi connectivity index (χ1v) is 13.6. The Morgan fingerprint density at radius 3 is 2.06 bits per heavy atom. The molecular formula is C26H37N3O4S. The molecule has 2 aromatic carbocycles. The van der Waals surface area contributed by atoms with Gasteiger partial charge in [-0.15, -0.1) is 0 Å². The fourth-order valence-electron chi connectivity index (χ4n) is 3.88. The lowest BCUT2D eigenvalue weighted by Gasteiger charge is -2.31. The van der Waals surface area contributed by atoms with Crippen molar-refractivity contribution in [2.75, 3.05) is 24.2 Å². The third-order valence-corrected chi connectivity index (χ3v) is 7.08. The average molecular weight is 488 g/mol. The van der Waals surface area contributed by atoms with Crippen LogP contribution in [0, 0.1) is 6.92 Å². The van der Waals surface area contributed by atoms with E-state index >= 15 is 0 Å². The van der Waals surface area contributed by atoms with E-state index in [0.717, 1.165) is 23.1 Å². The minimum absolute atomic E-state index is 0.137. The summed E-state index contributed by atoms with van der Waals surface area (Å²) in [5.74, 6) is -0.387. The van der Waals surface area contributed by atoms with Gasteiger partial charge in [0.25, 0.3) is 0 Å². The van der Waals surface area contributed by atoms with Gasteiger partial charge >= 0.3 is 0 Å². The third-order valence-electron chi connectivity index (χ3n) is 5.89. The highest BCUT2D eigenvalue weighted by Crippen LogP contribution is 2.20. The number of carbonyl (C=O) groups excluding carboxylic acids is 2. The molecule has 0 unspecified atom stereocenters. The Morgan fingerprint density at radius 2 is 1.56 bits per heavy atom. The summed E-state index contributed by atoms with van der Waals surface area (Å²) in [6.45, 7) is 6.42. The van der Waals surface area contributed by atoms with Crippen LogP contribution in [0.4, 0.5) is 5.69 Å². The summed E-state index contributed by atoms with van der Waals surface area (Å²) in [6, 6.07) is 14.7. The molecule has 0 spiro atoms. The zero-order valence-electron chi connectivity index (χ0n) is 20.9. The van der Waals surface area contributed by atoms with Gasteiger partial charge in [-0.25, -0.2) is 8.42 Å². The van der Waals surface area contributed by atoms with Crippen LogP contribution in [0.25, 0.3) is 0 Å². The number of sulfonamides is 1. The molecule has 0 aromatic heterocycles. The number of hydrogen-bond acceptors (Lipinski definition) is 4. The number of hydrogen-bond donors (Lipinski definition) is 1. The molecule has 2 rings (SSSR count). The van der Waals surface area contributed by atoms with Gasteiger partial charge in [0.15, 0.2) is 0 Å². The molecule has 7 nitrogen and oxygen atoms in total. The molecule has 2 amide bonds. The standard InChI is InChI=1S/C26H37N3O4S/c1-6-21-14-16-23(17-15-21)29(34(5,32)33)18-8-9-25(30)28(24(7-2)26(31)27-4)19-22-12-10-20(3)11-13-22/h10-17,24H,6-9,18-19H2,1-5H3,(H,27,31)/t24-/m1/s1. The Balaban J connectivity index is 2.17. The number of nitrogens with one attached hydrogen (secondary N) is 1. The fraction of sp³-hybridized carbons (Fsp3) is 0.462. The second-order valence-corrected chi connectivity index (χ2v) is 10.4. The van der Waals surface area contributed by atoms with Crippen LogP contribution in [0.3, 0.4) is 0 Å². The van der Waals surface area contributed by atoms with E-state index in [1.54, 1.807) is 24.1 Å². The maximum atomic E-state index is 13.3. The molecule has 1 N–H and O–H groups in total. The van der Waals surface area contributed by atoms with Crippen molar-refractivity contribution >= 4 is 27.5 Å². The topological polar surface area (TPSA) is 86.8 Å². The van der Waals surface area contributed by atoms with Crippen molar-refractivity contribution in [3.8, 4) is 0 Å². The van der Waals surface area contributed by atoms with Gasteiger partial charge in [-0.2, -0.15) is 0 Å². The minimum Gasteiger partial charge on any atom is -0.357 e. The lowest BCUT2D eigenvalue weighted by atomic mass is 10.1. The van der Waals surface area contributed by atoms with Gasteiger partial charge in [0, 0.05) is 26.6 Å². The van der Waals surface area contributed by atoms with Crippen LogP contribution >= 0.6 is 0 Å². The second kappa shape index (κ2) is 12.6. The van der Waals surface area contributed by atoms with Gasteiger partial charge in [-0.3, -0.25) is 13.9 Å². The Kier molecular flexibility index (Phi) is 10.1. The SMILES string of the molecule is CCc1ccc(N(CCCC(=O)N(Cc2ccc(C)cc2)[C@H](CC)C(=O)NC)S(C)(=O)=O)cc1. The summed E-state index contributed by atoms with van der Waals surface area (Å²) < 4.78 is 26.2. The Morgan fingerprint density at radius 1 is 0.971 bits per heavy atom. The highest BCUT2D eigenvalue weighted by atomic mass is 32.2. The first kappa shape index (κ1) is 27.4. The van der Waals surface area contributed by atoms with Crippen LogP contribution in [-0.2, 0) is 32.6 Å². The molecule has 0 radical (unpaired) electrons.